The van der Waals surface area contributed by atoms with Crippen LogP contribution in [0.25, 0.3) is 0 Å². The number of hydrogen-bond acceptors (Lipinski definition) is 4. The van der Waals surface area contributed by atoms with Crippen LogP contribution in [0.1, 0.15) is 20.9 Å². The lowest BCUT2D eigenvalue weighted by atomic mass is 10.2. The fourth-order valence-electron chi connectivity index (χ4n) is 1.92. The molecule has 6 heteroatoms. The third kappa shape index (κ3) is 3.27. The molecule has 0 radical (unpaired) electrons. The van der Waals surface area contributed by atoms with Crippen LogP contribution in [0.2, 0.25) is 0 Å². The maximum atomic E-state index is 12.3. The van der Waals surface area contributed by atoms with Crippen molar-refractivity contribution < 1.29 is 8.42 Å². The number of sulfonamides is 1. The predicted molar refractivity (Wildman–Crippen MR) is 82.2 cm³/mol. The van der Waals surface area contributed by atoms with E-state index in [0.29, 0.717) is 12.1 Å². The monoisotopic (exact) mass is 310 g/mol. The Labute approximate surface area is 123 Å². The van der Waals surface area contributed by atoms with Crippen molar-refractivity contribution >= 4 is 21.4 Å². The summed E-state index contributed by atoms with van der Waals surface area (Å²) >= 11 is 1.61. The second kappa shape index (κ2) is 6.05. The normalized spacial score (nSPS) is 11.8. The standard InChI is InChI=1S/C14H18N2O2S2/c1-10-7-13(19-11(10)2)9-16-20(17,18)14-6-4-3-5-12(14)8-15/h3-7,16H,8-9,15H2,1-2H3. The van der Waals surface area contributed by atoms with Gasteiger partial charge in [0.1, 0.15) is 0 Å². The minimum absolute atomic E-state index is 0.203. The van der Waals surface area contributed by atoms with Crippen LogP contribution in [0.15, 0.2) is 35.2 Å². The summed E-state index contributed by atoms with van der Waals surface area (Å²) in [4.78, 5) is 2.47. The fourth-order valence-corrected chi connectivity index (χ4v) is 4.26. The van der Waals surface area contributed by atoms with E-state index in [1.165, 1.54) is 10.4 Å². The highest BCUT2D eigenvalue weighted by Gasteiger charge is 2.17. The molecule has 0 amide bonds. The molecule has 0 fully saturated rings. The number of aryl methyl sites for hydroxylation is 2. The minimum Gasteiger partial charge on any atom is -0.326 e. The van der Waals surface area contributed by atoms with Crippen LogP contribution in [0.4, 0.5) is 0 Å². The van der Waals surface area contributed by atoms with Crippen molar-refractivity contribution in [3.05, 3.63) is 51.2 Å². The Balaban J connectivity index is 2.19. The first-order valence-electron chi connectivity index (χ1n) is 6.27. The van der Waals surface area contributed by atoms with E-state index in [1.54, 1.807) is 35.6 Å². The van der Waals surface area contributed by atoms with Crippen molar-refractivity contribution in [2.24, 2.45) is 5.73 Å². The summed E-state index contributed by atoms with van der Waals surface area (Å²) in [5, 5.41) is 0. The van der Waals surface area contributed by atoms with Crippen molar-refractivity contribution in [2.45, 2.75) is 31.8 Å². The Kier molecular flexibility index (Phi) is 4.59. The molecule has 4 nitrogen and oxygen atoms in total. The van der Waals surface area contributed by atoms with E-state index in [1.807, 2.05) is 19.9 Å². The molecule has 0 atom stereocenters. The molecule has 0 aliphatic heterocycles. The summed E-state index contributed by atoms with van der Waals surface area (Å²) in [6, 6.07) is 8.81. The van der Waals surface area contributed by atoms with E-state index < -0.39 is 10.0 Å². The predicted octanol–water partition coefficient (Wildman–Crippen LogP) is 2.30. The molecule has 3 N–H and O–H groups in total. The Morgan fingerprint density at radius 3 is 2.55 bits per heavy atom. The van der Waals surface area contributed by atoms with Crippen molar-refractivity contribution in [3.8, 4) is 0 Å². The topological polar surface area (TPSA) is 72.2 Å². The van der Waals surface area contributed by atoms with E-state index in [2.05, 4.69) is 4.72 Å². The zero-order chi connectivity index (χ0) is 14.8. The molecule has 0 aliphatic rings. The molecular formula is C14H18N2O2S2. The van der Waals surface area contributed by atoms with E-state index in [-0.39, 0.29) is 11.4 Å². The molecule has 1 heterocycles. The van der Waals surface area contributed by atoms with Crippen molar-refractivity contribution in [3.63, 3.8) is 0 Å². The lowest BCUT2D eigenvalue weighted by molar-refractivity contribution is 0.580. The van der Waals surface area contributed by atoms with Gasteiger partial charge in [-0.3, -0.25) is 0 Å². The van der Waals surface area contributed by atoms with Gasteiger partial charge in [0.2, 0.25) is 10.0 Å². The maximum absolute atomic E-state index is 12.3. The van der Waals surface area contributed by atoms with Crippen LogP contribution in [-0.4, -0.2) is 8.42 Å². The van der Waals surface area contributed by atoms with E-state index in [4.69, 9.17) is 5.73 Å². The third-order valence-electron chi connectivity index (χ3n) is 3.14. The second-order valence-electron chi connectivity index (χ2n) is 4.59. The van der Waals surface area contributed by atoms with Gasteiger partial charge >= 0.3 is 0 Å². The van der Waals surface area contributed by atoms with E-state index in [9.17, 15) is 8.42 Å². The lowest BCUT2D eigenvalue weighted by Gasteiger charge is -2.09. The summed E-state index contributed by atoms with van der Waals surface area (Å²) < 4.78 is 27.3. The van der Waals surface area contributed by atoms with Crippen LogP contribution >= 0.6 is 11.3 Å². The van der Waals surface area contributed by atoms with Gasteiger partial charge in [0.15, 0.2) is 0 Å². The molecule has 2 rings (SSSR count). The summed E-state index contributed by atoms with van der Waals surface area (Å²) in [6.45, 7) is 4.56. The molecule has 1 aromatic carbocycles. The highest BCUT2D eigenvalue weighted by molar-refractivity contribution is 7.89. The number of nitrogens with two attached hydrogens (primary N) is 1. The van der Waals surface area contributed by atoms with Gasteiger partial charge in [0.05, 0.1) is 4.90 Å². The molecule has 2 aromatic rings. The SMILES string of the molecule is Cc1cc(CNS(=O)(=O)c2ccccc2CN)sc1C. The van der Waals surface area contributed by atoms with Crippen LogP contribution in [0.3, 0.4) is 0 Å². The Hall–Kier alpha value is -1.21. The fraction of sp³-hybridized carbons (Fsp3) is 0.286. The summed E-state index contributed by atoms with van der Waals surface area (Å²) in [5.41, 5.74) is 7.40. The molecule has 0 spiro atoms. The third-order valence-corrected chi connectivity index (χ3v) is 5.79. The molecule has 0 bridgehead atoms. The van der Waals surface area contributed by atoms with Crippen molar-refractivity contribution in [2.75, 3.05) is 0 Å². The molecule has 0 saturated carbocycles. The van der Waals surface area contributed by atoms with Gasteiger partial charge in [0, 0.05) is 22.8 Å². The quantitative estimate of drug-likeness (QED) is 0.890. The van der Waals surface area contributed by atoms with E-state index in [0.717, 1.165) is 4.88 Å². The Bertz CT molecular complexity index is 686. The van der Waals surface area contributed by atoms with Crippen molar-refractivity contribution in [1.82, 2.24) is 4.72 Å². The Morgan fingerprint density at radius 1 is 1.25 bits per heavy atom. The smallest absolute Gasteiger partial charge is 0.241 e. The molecule has 0 saturated heterocycles. The number of thiophene rings is 1. The van der Waals surface area contributed by atoms with Gasteiger partial charge in [-0.2, -0.15) is 0 Å². The number of hydrogen-bond donors (Lipinski definition) is 2. The highest BCUT2D eigenvalue weighted by Crippen LogP contribution is 2.21. The average molecular weight is 310 g/mol. The minimum atomic E-state index is -3.53. The number of nitrogens with one attached hydrogen (secondary N) is 1. The number of rotatable bonds is 5. The molecule has 0 unspecified atom stereocenters. The first-order chi connectivity index (χ1) is 9.44. The molecule has 108 valence electrons. The zero-order valence-electron chi connectivity index (χ0n) is 11.5. The second-order valence-corrected chi connectivity index (χ2v) is 7.66. The lowest BCUT2D eigenvalue weighted by Crippen LogP contribution is -2.24. The van der Waals surface area contributed by atoms with Gasteiger partial charge in [0.25, 0.3) is 0 Å². The first-order valence-corrected chi connectivity index (χ1v) is 8.57. The van der Waals surface area contributed by atoms with Gasteiger partial charge < -0.3 is 5.73 Å². The van der Waals surface area contributed by atoms with Gasteiger partial charge in [-0.1, -0.05) is 18.2 Å². The Morgan fingerprint density at radius 2 is 1.95 bits per heavy atom. The van der Waals surface area contributed by atoms with Crippen LogP contribution < -0.4 is 10.5 Å². The van der Waals surface area contributed by atoms with Gasteiger partial charge in [-0.05, 0) is 37.1 Å². The van der Waals surface area contributed by atoms with Crippen molar-refractivity contribution in [1.29, 1.82) is 0 Å². The molecule has 1 aromatic heterocycles. The van der Waals surface area contributed by atoms with Crippen LogP contribution in [-0.2, 0) is 23.1 Å². The zero-order valence-corrected chi connectivity index (χ0v) is 13.1. The van der Waals surface area contributed by atoms with Crippen LogP contribution in [0, 0.1) is 13.8 Å². The van der Waals surface area contributed by atoms with Gasteiger partial charge in [-0.25, -0.2) is 13.1 Å². The average Bonchev–Trinajstić information content (AvgIpc) is 2.76. The molecular weight excluding hydrogens is 292 g/mol. The highest BCUT2D eigenvalue weighted by atomic mass is 32.2. The van der Waals surface area contributed by atoms with Gasteiger partial charge in [-0.15, -0.1) is 11.3 Å². The van der Waals surface area contributed by atoms with E-state index >= 15 is 0 Å². The molecule has 0 aliphatic carbocycles. The summed E-state index contributed by atoms with van der Waals surface area (Å²) in [7, 11) is -3.53. The summed E-state index contributed by atoms with van der Waals surface area (Å²) in [5.74, 6) is 0. The van der Waals surface area contributed by atoms with Crippen LogP contribution in [0.5, 0.6) is 0 Å². The maximum Gasteiger partial charge on any atom is 0.241 e. The summed E-state index contributed by atoms with van der Waals surface area (Å²) in [6.07, 6.45) is 0. The first kappa shape index (κ1) is 15.2. The molecule has 20 heavy (non-hydrogen) atoms. The number of benzene rings is 1. The largest absolute Gasteiger partial charge is 0.326 e.